The van der Waals surface area contributed by atoms with Crippen LogP contribution in [-0.4, -0.2) is 9.30 Å². The predicted octanol–water partition coefficient (Wildman–Crippen LogP) is 2.90. The van der Waals surface area contributed by atoms with Gasteiger partial charge in [-0.3, -0.25) is 0 Å². The van der Waals surface area contributed by atoms with E-state index in [0.29, 0.717) is 4.20 Å². The minimum atomic E-state index is 0.181. The molecule has 0 aliphatic rings. The average Bonchev–Trinajstić information content (AvgIpc) is 2.35. The number of hydrogen-bond donors (Lipinski definition) is 2. The molecule has 4 heteroatoms. The minimum absolute atomic E-state index is 0.181. The van der Waals surface area contributed by atoms with E-state index in [2.05, 4.69) is 24.8 Å². The van der Waals surface area contributed by atoms with E-state index in [9.17, 15) is 5.11 Å². The highest BCUT2D eigenvalue weighted by atomic mass is 32.1. The van der Waals surface area contributed by atoms with Crippen LogP contribution in [0.5, 0.6) is 0 Å². The summed E-state index contributed by atoms with van der Waals surface area (Å²) in [5.74, 6) is 0.181. The molecule has 1 heterocycles. The second-order valence-electron chi connectivity index (χ2n) is 1.85. The zero-order chi connectivity index (χ0) is 8.27. The topological polar surface area (TPSA) is 20.2 Å². The number of hydrogen-bond acceptors (Lipinski definition) is 3. The summed E-state index contributed by atoms with van der Waals surface area (Å²) in [4.78, 5) is 0.807. The Hall–Kier alpha value is -0.320. The Morgan fingerprint density at radius 1 is 1.73 bits per heavy atom. The molecule has 0 aliphatic heterocycles. The van der Waals surface area contributed by atoms with Gasteiger partial charge in [-0.15, -0.1) is 24.0 Å². The van der Waals surface area contributed by atoms with Crippen LogP contribution >= 0.6 is 36.2 Å². The Morgan fingerprint density at radius 2 is 2.45 bits per heavy atom. The number of thiophene rings is 1. The van der Waals surface area contributed by atoms with Gasteiger partial charge in [0, 0.05) is 6.08 Å². The van der Waals surface area contributed by atoms with E-state index in [-0.39, 0.29) is 5.76 Å². The molecule has 0 spiro atoms. The van der Waals surface area contributed by atoms with Gasteiger partial charge >= 0.3 is 0 Å². The molecule has 0 fully saturated rings. The third-order valence-corrected chi connectivity index (χ3v) is 2.17. The normalized spacial score (nSPS) is 11.5. The zero-order valence-corrected chi connectivity index (χ0v) is 8.05. The number of thiol groups is 1. The first-order valence-electron chi connectivity index (χ1n) is 2.87. The molecule has 0 saturated heterocycles. The van der Waals surface area contributed by atoms with Crippen LogP contribution in [0.4, 0.5) is 0 Å². The first-order chi connectivity index (χ1) is 5.20. The van der Waals surface area contributed by atoms with Gasteiger partial charge in [-0.05, 0) is 11.4 Å². The van der Waals surface area contributed by atoms with E-state index in [4.69, 9.17) is 0 Å². The van der Waals surface area contributed by atoms with E-state index in [0.717, 1.165) is 4.88 Å². The first kappa shape index (κ1) is 8.77. The van der Waals surface area contributed by atoms with Crippen LogP contribution in [0.25, 0.3) is 5.76 Å². The summed E-state index contributed by atoms with van der Waals surface area (Å²) in [6.07, 6.45) is 1.45. The molecule has 1 aromatic heterocycles. The molecule has 1 rings (SSSR count). The van der Waals surface area contributed by atoms with Crippen molar-refractivity contribution in [2.24, 2.45) is 0 Å². The second-order valence-corrected chi connectivity index (χ2v) is 4.02. The van der Waals surface area contributed by atoms with Gasteiger partial charge in [0.1, 0.15) is 5.76 Å². The molecule has 0 atom stereocenters. The van der Waals surface area contributed by atoms with Crippen molar-refractivity contribution >= 4 is 46.1 Å². The summed E-state index contributed by atoms with van der Waals surface area (Å²) < 4.78 is 0.385. The SMILES string of the molecule is O/C(=C\C(=S)S)c1cccs1. The van der Waals surface area contributed by atoms with Crippen LogP contribution in [0.2, 0.25) is 0 Å². The Balaban J connectivity index is 2.86. The van der Waals surface area contributed by atoms with Crippen molar-refractivity contribution in [2.75, 3.05) is 0 Å². The molecule has 0 aromatic carbocycles. The zero-order valence-electron chi connectivity index (χ0n) is 5.52. The van der Waals surface area contributed by atoms with Crippen LogP contribution in [0, 0.1) is 0 Å². The molecule has 0 saturated carbocycles. The largest absolute Gasteiger partial charge is 0.506 e. The van der Waals surface area contributed by atoms with Crippen molar-refractivity contribution in [3.05, 3.63) is 28.5 Å². The van der Waals surface area contributed by atoms with Crippen LogP contribution in [0.1, 0.15) is 4.88 Å². The van der Waals surface area contributed by atoms with Crippen molar-refractivity contribution in [1.29, 1.82) is 0 Å². The quantitative estimate of drug-likeness (QED) is 0.333. The maximum absolute atomic E-state index is 9.31. The first-order valence-corrected chi connectivity index (χ1v) is 4.61. The van der Waals surface area contributed by atoms with Gasteiger partial charge in [-0.25, -0.2) is 0 Å². The molecule has 0 aliphatic carbocycles. The lowest BCUT2D eigenvalue weighted by molar-refractivity contribution is 0.514. The van der Waals surface area contributed by atoms with Crippen molar-refractivity contribution in [3.8, 4) is 0 Å². The number of rotatable bonds is 2. The smallest absolute Gasteiger partial charge is 0.134 e. The van der Waals surface area contributed by atoms with Crippen LogP contribution in [-0.2, 0) is 0 Å². The summed E-state index contributed by atoms with van der Waals surface area (Å²) >= 11 is 10.0. The molecular formula is C7H6OS3. The molecule has 1 N–H and O–H groups in total. The van der Waals surface area contributed by atoms with Crippen LogP contribution < -0.4 is 0 Å². The summed E-state index contributed by atoms with van der Waals surface area (Å²) in [5.41, 5.74) is 0. The maximum Gasteiger partial charge on any atom is 0.134 e. The third-order valence-electron chi connectivity index (χ3n) is 1.03. The standard InChI is InChI=1S/C7H6OS3/c8-5(4-7(9)10)6-2-1-3-11-6/h1-4,8H,(H,9,10)/b5-4-. The fraction of sp³-hybridized carbons (Fsp3) is 0. The third kappa shape index (κ3) is 2.65. The number of aliphatic hydroxyl groups is 1. The monoisotopic (exact) mass is 202 g/mol. The lowest BCUT2D eigenvalue weighted by Gasteiger charge is -1.92. The van der Waals surface area contributed by atoms with Crippen molar-refractivity contribution < 1.29 is 5.11 Å². The highest BCUT2D eigenvalue weighted by Gasteiger charge is 1.98. The van der Waals surface area contributed by atoms with E-state index >= 15 is 0 Å². The minimum Gasteiger partial charge on any atom is -0.506 e. The Morgan fingerprint density at radius 3 is 2.91 bits per heavy atom. The van der Waals surface area contributed by atoms with E-state index in [1.54, 1.807) is 0 Å². The molecule has 11 heavy (non-hydrogen) atoms. The Kier molecular flexibility index (Phi) is 3.11. The van der Waals surface area contributed by atoms with E-state index in [1.807, 2.05) is 17.5 Å². The van der Waals surface area contributed by atoms with Gasteiger partial charge in [-0.2, -0.15) is 0 Å². The second kappa shape index (κ2) is 3.90. The Bertz CT molecular complexity index is 274. The maximum atomic E-state index is 9.31. The van der Waals surface area contributed by atoms with Gasteiger partial charge in [-0.1, -0.05) is 18.3 Å². The molecule has 0 radical (unpaired) electrons. The molecule has 58 valence electrons. The summed E-state index contributed by atoms with van der Waals surface area (Å²) in [6, 6.07) is 3.69. The van der Waals surface area contributed by atoms with E-state index < -0.39 is 0 Å². The molecule has 1 aromatic rings. The van der Waals surface area contributed by atoms with Crippen molar-refractivity contribution in [2.45, 2.75) is 0 Å². The van der Waals surface area contributed by atoms with Crippen molar-refractivity contribution in [1.82, 2.24) is 0 Å². The van der Waals surface area contributed by atoms with Gasteiger partial charge in [0.2, 0.25) is 0 Å². The van der Waals surface area contributed by atoms with Gasteiger partial charge in [0.05, 0.1) is 9.07 Å². The van der Waals surface area contributed by atoms with Crippen molar-refractivity contribution in [3.63, 3.8) is 0 Å². The fourth-order valence-corrected chi connectivity index (χ4v) is 1.49. The Labute approximate surface area is 79.8 Å². The number of aliphatic hydroxyl groups excluding tert-OH is 1. The molecule has 1 nitrogen and oxygen atoms in total. The molecule has 0 amide bonds. The highest BCUT2D eigenvalue weighted by Crippen LogP contribution is 2.17. The summed E-state index contributed by atoms with van der Waals surface area (Å²) in [6.45, 7) is 0. The fourth-order valence-electron chi connectivity index (χ4n) is 0.612. The summed E-state index contributed by atoms with van der Waals surface area (Å²) in [7, 11) is 0. The molecule has 0 bridgehead atoms. The lowest BCUT2D eigenvalue weighted by Crippen LogP contribution is -1.80. The van der Waals surface area contributed by atoms with E-state index in [1.165, 1.54) is 17.4 Å². The van der Waals surface area contributed by atoms with Gasteiger partial charge < -0.3 is 5.11 Å². The average molecular weight is 202 g/mol. The summed E-state index contributed by atoms with van der Waals surface area (Å²) in [5, 5.41) is 11.2. The lowest BCUT2D eigenvalue weighted by atomic mass is 10.4. The number of thiocarbonyl (C=S) groups is 1. The molecular weight excluding hydrogens is 196 g/mol. The molecule has 0 unspecified atom stereocenters. The predicted molar refractivity (Wildman–Crippen MR) is 56.5 cm³/mol. The van der Waals surface area contributed by atoms with Gasteiger partial charge in [0.15, 0.2) is 0 Å². The van der Waals surface area contributed by atoms with Crippen LogP contribution in [0.15, 0.2) is 23.6 Å². The van der Waals surface area contributed by atoms with Crippen LogP contribution in [0.3, 0.4) is 0 Å². The van der Waals surface area contributed by atoms with Gasteiger partial charge in [0.25, 0.3) is 0 Å². The highest BCUT2D eigenvalue weighted by molar-refractivity contribution is 8.11.